The number of aromatic nitrogens is 2. The van der Waals surface area contributed by atoms with E-state index in [1.54, 1.807) is 10.9 Å². The predicted molar refractivity (Wildman–Crippen MR) is 58.5 cm³/mol. The highest BCUT2D eigenvalue weighted by Crippen LogP contribution is 1.96. The van der Waals surface area contributed by atoms with Crippen LogP contribution < -0.4 is 10.6 Å². The average Bonchev–Trinajstić information content (AvgIpc) is 2.71. The largest absolute Gasteiger partial charge is 0.341 e. The summed E-state index contributed by atoms with van der Waals surface area (Å²) in [4.78, 5) is 15.4. The number of nitrogens with zero attached hydrogens (tertiary/aromatic N) is 3. The first kappa shape index (κ1) is 12.2. The molecule has 0 radical (unpaired) electrons. The molecule has 1 heterocycles. The molecule has 0 aliphatic heterocycles. The van der Waals surface area contributed by atoms with Crippen molar-refractivity contribution in [3.63, 3.8) is 0 Å². The van der Waals surface area contributed by atoms with Crippen LogP contribution >= 0.6 is 0 Å². The minimum atomic E-state index is -0.181. The van der Waals surface area contributed by atoms with Crippen LogP contribution in [0.2, 0.25) is 0 Å². The van der Waals surface area contributed by atoms with Crippen molar-refractivity contribution in [3.05, 3.63) is 18.2 Å². The summed E-state index contributed by atoms with van der Waals surface area (Å²) in [7, 11) is 1.88. The van der Waals surface area contributed by atoms with Crippen LogP contribution in [-0.4, -0.2) is 35.6 Å². The van der Waals surface area contributed by atoms with Gasteiger partial charge in [0.25, 0.3) is 0 Å². The normalized spacial score (nSPS) is 9.75. The van der Waals surface area contributed by atoms with Crippen molar-refractivity contribution in [2.45, 2.75) is 13.0 Å². The Morgan fingerprint density at radius 3 is 3.19 bits per heavy atom. The van der Waals surface area contributed by atoms with Crippen molar-refractivity contribution < 1.29 is 4.79 Å². The van der Waals surface area contributed by atoms with Crippen LogP contribution in [0, 0.1) is 11.3 Å². The van der Waals surface area contributed by atoms with Gasteiger partial charge in [0.05, 0.1) is 18.1 Å². The fourth-order valence-electron chi connectivity index (χ4n) is 1.23. The van der Waals surface area contributed by atoms with Gasteiger partial charge in [-0.25, -0.2) is 4.98 Å². The molecule has 86 valence electrons. The third kappa shape index (κ3) is 4.11. The van der Waals surface area contributed by atoms with Crippen LogP contribution in [0.3, 0.4) is 0 Å². The second-order valence-electron chi connectivity index (χ2n) is 3.33. The standard InChI is InChI=1S/C10H15N5O/c1-12-4-2-9-6-15(8-14-9)7-10(16)13-5-3-11/h6,8,12H,2,4-5,7H2,1H3,(H,13,16). The molecule has 0 fully saturated rings. The topological polar surface area (TPSA) is 82.7 Å². The molecular formula is C10H15N5O. The number of imidazole rings is 1. The number of nitrogens with one attached hydrogen (secondary N) is 2. The maximum atomic E-state index is 11.3. The van der Waals surface area contributed by atoms with Gasteiger partial charge in [-0.3, -0.25) is 4.79 Å². The van der Waals surface area contributed by atoms with E-state index in [4.69, 9.17) is 5.26 Å². The lowest BCUT2D eigenvalue weighted by atomic mass is 10.3. The fraction of sp³-hybridized carbons (Fsp3) is 0.500. The minimum Gasteiger partial charge on any atom is -0.341 e. The number of amides is 1. The number of carbonyl (C=O) groups is 1. The zero-order valence-electron chi connectivity index (χ0n) is 9.23. The summed E-state index contributed by atoms with van der Waals surface area (Å²) in [6.07, 6.45) is 4.30. The number of carbonyl (C=O) groups excluding carboxylic acids is 1. The van der Waals surface area contributed by atoms with Crippen molar-refractivity contribution >= 4 is 5.91 Å². The lowest BCUT2D eigenvalue weighted by molar-refractivity contribution is -0.121. The molecule has 16 heavy (non-hydrogen) atoms. The molecule has 0 saturated heterocycles. The monoisotopic (exact) mass is 221 g/mol. The highest BCUT2D eigenvalue weighted by atomic mass is 16.1. The van der Waals surface area contributed by atoms with E-state index >= 15 is 0 Å². The Morgan fingerprint density at radius 1 is 1.69 bits per heavy atom. The molecule has 1 rings (SSSR count). The van der Waals surface area contributed by atoms with Gasteiger partial charge in [0, 0.05) is 19.2 Å². The summed E-state index contributed by atoms with van der Waals surface area (Å²) in [5.41, 5.74) is 0.947. The molecule has 0 atom stereocenters. The van der Waals surface area contributed by atoms with Crippen LogP contribution in [0.5, 0.6) is 0 Å². The van der Waals surface area contributed by atoms with Crippen molar-refractivity contribution in [2.24, 2.45) is 0 Å². The molecule has 0 spiro atoms. The Bertz CT molecular complexity index is 379. The van der Waals surface area contributed by atoms with E-state index < -0.39 is 0 Å². The first-order valence-electron chi connectivity index (χ1n) is 5.05. The second-order valence-corrected chi connectivity index (χ2v) is 3.33. The number of rotatable bonds is 6. The maximum Gasteiger partial charge on any atom is 0.240 e. The van der Waals surface area contributed by atoms with Gasteiger partial charge in [-0.2, -0.15) is 5.26 Å². The molecule has 0 saturated carbocycles. The van der Waals surface area contributed by atoms with Gasteiger partial charge in [0.15, 0.2) is 0 Å². The summed E-state index contributed by atoms with van der Waals surface area (Å²) in [5.74, 6) is -0.181. The van der Waals surface area contributed by atoms with Crippen molar-refractivity contribution in [3.8, 4) is 6.07 Å². The fourth-order valence-corrected chi connectivity index (χ4v) is 1.23. The van der Waals surface area contributed by atoms with Gasteiger partial charge in [-0.1, -0.05) is 0 Å². The summed E-state index contributed by atoms with van der Waals surface area (Å²) < 4.78 is 1.71. The molecule has 1 aromatic heterocycles. The third-order valence-electron chi connectivity index (χ3n) is 2.01. The lowest BCUT2D eigenvalue weighted by Crippen LogP contribution is -2.27. The molecule has 0 bridgehead atoms. The summed E-state index contributed by atoms with van der Waals surface area (Å²) in [6, 6.07) is 1.85. The highest BCUT2D eigenvalue weighted by Gasteiger charge is 2.03. The summed E-state index contributed by atoms with van der Waals surface area (Å²) in [6.45, 7) is 1.10. The van der Waals surface area contributed by atoms with E-state index in [0.717, 1.165) is 18.7 Å². The van der Waals surface area contributed by atoms with Crippen LogP contribution in [0.25, 0.3) is 0 Å². The molecule has 1 amide bonds. The Balaban J connectivity index is 2.39. The van der Waals surface area contributed by atoms with Crippen molar-refractivity contribution in [1.29, 1.82) is 5.26 Å². The van der Waals surface area contributed by atoms with Crippen molar-refractivity contribution in [2.75, 3.05) is 20.1 Å². The molecule has 0 unspecified atom stereocenters. The van der Waals surface area contributed by atoms with Crippen LogP contribution in [0.4, 0.5) is 0 Å². The molecule has 6 heteroatoms. The molecule has 0 aliphatic rings. The summed E-state index contributed by atoms with van der Waals surface area (Å²) in [5, 5.41) is 13.8. The number of likely N-dealkylation sites (N-methyl/N-ethyl adjacent to an activating group) is 1. The Hall–Kier alpha value is -1.87. The van der Waals surface area contributed by atoms with E-state index in [-0.39, 0.29) is 19.0 Å². The first-order valence-corrected chi connectivity index (χ1v) is 5.05. The second kappa shape index (κ2) is 6.58. The average molecular weight is 221 g/mol. The van der Waals surface area contributed by atoms with Crippen molar-refractivity contribution in [1.82, 2.24) is 20.2 Å². The third-order valence-corrected chi connectivity index (χ3v) is 2.01. The van der Waals surface area contributed by atoms with Crippen LogP contribution in [0.1, 0.15) is 5.69 Å². The molecule has 2 N–H and O–H groups in total. The Labute approximate surface area is 94.3 Å². The lowest BCUT2D eigenvalue weighted by Gasteiger charge is -2.01. The smallest absolute Gasteiger partial charge is 0.240 e. The van der Waals surface area contributed by atoms with Gasteiger partial charge >= 0.3 is 0 Å². The predicted octanol–water partition coefficient (Wildman–Crippen LogP) is -0.715. The van der Waals surface area contributed by atoms with E-state index in [9.17, 15) is 4.79 Å². The quantitative estimate of drug-likeness (QED) is 0.621. The van der Waals surface area contributed by atoms with Gasteiger partial charge in [-0.15, -0.1) is 0 Å². The SMILES string of the molecule is CNCCc1cn(CC(=O)NCC#N)cn1. The van der Waals surface area contributed by atoms with E-state index in [0.29, 0.717) is 0 Å². The van der Waals surface area contributed by atoms with E-state index in [2.05, 4.69) is 15.6 Å². The van der Waals surface area contributed by atoms with Gasteiger partial charge in [-0.05, 0) is 7.05 Å². The Morgan fingerprint density at radius 2 is 2.50 bits per heavy atom. The molecule has 0 aromatic carbocycles. The molecule has 0 aliphatic carbocycles. The first-order chi connectivity index (χ1) is 7.76. The molecular weight excluding hydrogens is 206 g/mol. The molecule has 6 nitrogen and oxygen atoms in total. The zero-order valence-corrected chi connectivity index (χ0v) is 9.23. The van der Waals surface area contributed by atoms with Gasteiger partial charge in [0.2, 0.25) is 5.91 Å². The van der Waals surface area contributed by atoms with E-state index in [1.165, 1.54) is 0 Å². The van der Waals surface area contributed by atoms with E-state index in [1.807, 2.05) is 19.3 Å². The molecule has 1 aromatic rings. The van der Waals surface area contributed by atoms with Crippen LogP contribution in [-0.2, 0) is 17.8 Å². The highest BCUT2D eigenvalue weighted by molar-refractivity contribution is 5.75. The zero-order chi connectivity index (χ0) is 11.8. The maximum absolute atomic E-state index is 11.3. The van der Waals surface area contributed by atoms with Gasteiger partial charge in [0.1, 0.15) is 13.1 Å². The van der Waals surface area contributed by atoms with Gasteiger partial charge < -0.3 is 15.2 Å². The van der Waals surface area contributed by atoms with Crippen LogP contribution in [0.15, 0.2) is 12.5 Å². The number of hydrogen-bond acceptors (Lipinski definition) is 4. The number of nitriles is 1. The summed E-state index contributed by atoms with van der Waals surface area (Å²) >= 11 is 0. The number of hydrogen-bond donors (Lipinski definition) is 2. The minimum absolute atomic E-state index is 0.0418. The Kier molecular flexibility index (Phi) is 5.02.